The Kier molecular flexibility index (Phi) is 1.51. The molecule has 0 aliphatic heterocycles. The van der Waals surface area contributed by atoms with Crippen LogP contribution in [0.25, 0.3) is 22.1 Å². The summed E-state index contributed by atoms with van der Waals surface area (Å²) in [4.78, 5) is 4.34. The summed E-state index contributed by atoms with van der Waals surface area (Å²) in [5, 5.41) is 2.10. The molecular weight excluding hydrogens is 188 g/mol. The van der Waals surface area contributed by atoms with Gasteiger partial charge in [-0.2, -0.15) is 0 Å². The average molecular weight is 198 g/mol. The SMILES string of the molecule is Cc1ccc2c(n1)oc1cc(N)ccc12. The molecule has 0 aliphatic carbocycles. The lowest BCUT2D eigenvalue weighted by atomic mass is 10.2. The number of hydrogen-bond donors (Lipinski definition) is 1. The molecule has 74 valence electrons. The fourth-order valence-electron chi connectivity index (χ4n) is 1.77. The minimum atomic E-state index is 0.676. The number of nitrogen functional groups attached to an aromatic ring is 1. The van der Waals surface area contributed by atoms with Gasteiger partial charge in [0.2, 0.25) is 5.71 Å². The monoisotopic (exact) mass is 198 g/mol. The first-order valence-corrected chi connectivity index (χ1v) is 4.79. The third kappa shape index (κ3) is 1.16. The highest BCUT2D eigenvalue weighted by molar-refractivity contribution is 6.04. The predicted molar refractivity (Wildman–Crippen MR) is 60.7 cm³/mol. The van der Waals surface area contributed by atoms with Crippen LogP contribution in [0, 0.1) is 6.92 Å². The van der Waals surface area contributed by atoms with Gasteiger partial charge in [0.1, 0.15) is 5.58 Å². The van der Waals surface area contributed by atoms with Gasteiger partial charge in [-0.05, 0) is 31.2 Å². The van der Waals surface area contributed by atoms with Crippen LogP contribution in [0.2, 0.25) is 0 Å². The summed E-state index contributed by atoms with van der Waals surface area (Å²) in [6.45, 7) is 1.95. The van der Waals surface area contributed by atoms with E-state index in [4.69, 9.17) is 10.2 Å². The van der Waals surface area contributed by atoms with Crippen molar-refractivity contribution < 1.29 is 4.42 Å². The quantitative estimate of drug-likeness (QED) is 0.565. The molecule has 1 aromatic carbocycles. The zero-order valence-corrected chi connectivity index (χ0v) is 8.32. The van der Waals surface area contributed by atoms with Gasteiger partial charge in [-0.1, -0.05) is 0 Å². The van der Waals surface area contributed by atoms with E-state index in [9.17, 15) is 0 Å². The summed E-state index contributed by atoms with van der Waals surface area (Å²) in [5.41, 5.74) is 8.83. The standard InChI is InChI=1S/C12H10N2O/c1-7-2-4-10-9-5-3-8(13)6-11(9)15-12(10)14-7/h2-6H,13H2,1H3. The van der Waals surface area contributed by atoms with Crippen LogP contribution < -0.4 is 5.73 Å². The molecule has 3 rings (SSSR count). The van der Waals surface area contributed by atoms with E-state index in [0.29, 0.717) is 11.4 Å². The number of pyridine rings is 1. The van der Waals surface area contributed by atoms with Gasteiger partial charge in [-0.15, -0.1) is 0 Å². The second-order valence-electron chi connectivity index (χ2n) is 3.66. The highest BCUT2D eigenvalue weighted by Gasteiger charge is 2.07. The average Bonchev–Trinajstić information content (AvgIpc) is 2.53. The lowest BCUT2D eigenvalue weighted by molar-refractivity contribution is 0.653. The van der Waals surface area contributed by atoms with Crippen LogP contribution in [-0.4, -0.2) is 4.98 Å². The number of furan rings is 1. The molecule has 0 amide bonds. The zero-order chi connectivity index (χ0) is 10.4. The highest BCUT2D eigenvalue weighted by atomic mass is 16.3. The number of aryl methyl sites for hydroxylation is 1. The largest absolute Gasteiger partial charge is 0.438 e. The summed E-state index contributed by atoms with van der Waals surface area (Å²) < 4.78 is 5.62. The van der Waals surface area contributed by atoms with E-state index in [1.807, 2.05) is 37.3 Å². The molecule has 0 radical (unpaired) electrons. The molecule has 2 aromatic heterocycles. The molecule has 3 aromatic rings. The fraction of sp³-hybridized carbons (Fsp3) is 0.0833. The normalized spacial score (nSPS) is 11.3. The van der Waals surface area contributed by atoms with Gasteiger partial charge < -0.3 is 10.2 Å². The van der Waals surface area contributed by atoms with Crippen LogP contribution >= 0.6 is 0 Å². The first kappa shape index (κ1) is 8.29. The van der Waals surface area contributed by atoms with Gasteiger partial charge in [0, 0.05) is 28.2 Å². The van der Waals surface area contributed by atoms with Crippen LogP contribution in [0.5, 0.6) is 0 Å². The lowest BCUT2D eigenvalue weighted by Gasteiger charge is -1.91. The van der Waals surface area contributed by atoms with Crippen LogP contribution in [0.3, 0.4) is 0 Å². The first-order chi connectivity index (χ1) is 7.24. The number of nitrogens with two attached hydrogens (primary N) is 1. The van der Waals surface area contributed by atoms with Gasteiger partial charge in [0.15, 0.2) is 0 Å². The zero-order valence-electron chi connectivity index (χ0n) is 8.32. The van der Waals surface area contributed by atoms with Crippen molar-refractivity contribution >= 4 is 27.8 Å². The molecule has 0 unspecified atom stereocenters. The Morgan fingerprint density at radius 3 is 2.80 bits per heavy atom. The van der Waals surface area contributed by atoms with Crippen LogP contribution in [-0.2, 0) is 0 Å². The van der Waals surface area contributed by atoms with Crippen molar-refractivity contribution in [1.29, 1.82) is 0 Å². The van der Waals surface area contributed by atoms with Crippen LogP contribution in [0.15, 0.2) is 34.7 Å². The Hall–Kier alpha value is -2.03. The maximum atomic E-state index is 5.70. The van der Waals surface area contributed by atoms with Gasteiger partial charge in [0.25, 0.3) is 0 Å². The van der Waals surface area contributed by atoms with Crippen molar-refractivity contribution in [2.45, 2.75) is 6.92 Å². The van der Waals surface area contributed by atoms with Crippen molar-refractivity contribution in [2.75, 3.05) is 5.73 Å². The molecule has 0 aliphatic rings. The molecule has 3 heteroatoms. The second kappa shape index (κ2) is 2.73. The van der Waals surface area contributed by atoms with E-state index < -0.39 is 0 Å². The number of nitrogens with zero attached hydrogens (tertiary/aromatic N) is 1. The summed E-state index contributed by atoms with van der Waals surface area (Å²) in [5.74, 6) is 0. The summed E-state index contributed by atoms with van der Waals surface area (Å²) >= 11 is 0. The molecular formula is C12H10N2O. The predicted octanol–water partition coefficient (Wildman–Crippen LogP) is 2.87. The molecule has 0 bridgehead atoms. The third-order valence-electron chi connectivity index (χ3n) is 2.50. The van der Waals surface area contributed by atoms with Crippen molar-refractivity contribution in [1.82, 2.24) is 4.98 Å². The van der Waals surface area contributed by atoms with Gasteiger partial charge >= 0.3 is 0 Å². The van der Waals surface area contributed by atoms with Crippen molar-refractivity contribution in [3.05, 3.63) is 36.0 Å². The van der Waals surface area contributed by atoms with E-state index in [1.54, 1.807) is 0 Å². The fourth-order valence-corrected chi connectivity index (χ4v) is 1.77. The smallest absolute Gasteiger partial charge is 0.227 e. The van der Waals surface area contributed by atoms with Crippen molar-refractivity contribution in [2.24, 2.45) is 0 Å². The maximum absolute atomic E-state index is 5.70. The summed E-state index contributed by atoms with van der Waals surface area (Å²) in [6.07, 6.45) is 0. The Labute approximate surface area is 86.5 Å². The first-order valence-electron chi connectivity index (χ1n) is 4.79. The van der Waals surface area contributed by atoms with E-state index in [0.717, 1.165) is 22.0 Å². The van der Waals surface area contributed by atoms with Crippen LogP contribution in [0.1, 0.15) is 5.69 Å². The van der Waals surface area contributed by atoms with E-state index in [-0.39, 0.29) is 0 Å². The molecule has 0 fully saturated rings. The number of rotatable bonds is 0. The van der Waals surface area contributed by atoms with Gasteiger partial charge in [-0.3, -0.25) is 0 Å². The number of aromatic nitrogens is 1. The molecule has 0 saturated carbocycles. The highest BCUT2D eigenvalue weighted by Crippen LogP contribution is 2.28. The lowest BCUT2D eigenvalue weighted by Crippen LogP contribution is -1.81. The Bertz CT molecular complexity index is 599. The number of benzene rings is 1. The molecule has 2 heterocycles. The summed E-state index contributed by atoms with van der Waals surface area (Å²) in [6, 6.07) is 9.67. The minimum Gasteiger partial charge on any atom is -0.438 e. The van der Waals surface area contributed by atoms with E-state index in [1.165, 1.54) is 0 Å². The number of anilines is 1. The Morgan fingerprint density at radius 2 is 1.93 bits per heavy atom. The molecule has 15 heavy (non-hydrogen) atoms. The Balaban J connectivity index is 2.51. The molecule has 0 spiro atoms. The summed E-state index contributed by atoms with van der Waals surface area (Å²) in [7, 11) is 0. The van der Waals surface area contributed by atoms with Crippen molar-refractivity contribution in [3.63, 3.8) is 0 Å². The Morgan fingerprint density at radius 1 is 1.13 bits per heavy atom. The number of hydrogen-bond acceptors (Lipinski definition) is 3. The minimum absolute atomic E-state index is 0.676. The number of fused-ring (bicyclic) bond motifs is 3. The topological polar surface area (TPSA) is 52.0 Å². The molecule has 3 nitrogen and oxygen atoms in total. The van der Waals surface area contributed by atoms with Gasteiger partial charge in [-0.25, -0.2) is 4.98 Å². The molecule has 0 saturated heterocycles. The molecule has 0 atom stereocenters. The third-order valence-corrected chi connectivity index (χ3v) is 2.50. The second-order valence-corrected chi connectivity index (χ2v) is 3.66. The van der Waals surface area contributed by atoms with E-state index in [2.05, 4.69) is 4.98 Å². The van der Waals surface area contributed by atoms with Crippen molar-refractivity contribution in [3.8, 4) is 0 Å². The van der Waals surface area contributed by atoms with Gasteiger partial charge in [0.05, 0.1) is 0 Å². The maximum Gasteiger partial charge on any atom is 0.227 e. The van der Waals surface area contributed by atoms with Crippen LogP contribution in [0.4, 0.5) is 5.69 Å². The molecule has 2 N–H and O–H groups in total. The van der Waals surface area contributed by atoms with E-state index >= 15 is 0 Å².